The largest absolute Gasteiger partial charge is 0.480 e. The molecule has 29 heavy (non-hydrogen) atoms. The molecule has 2 aromatic carbocycles. The van der Waals surface area contributed by atoms with Crippen LogP contribution >= 0.6 is 22.9 Å². The Labute approximate surface area is 176 Å². The quantitative estimate of drug-likeness (QED) is 0.463. The summed E-state index contributed by atoms with van der Waals surface area (Å²) in [6, 6.07) is 20.0. The molecule has 5 nitrogen and oxygen atoms in total. The maximum Gasteiger partial charge on any atom is 0.226 e. The van der Waals surface area contributed by atoms with Crippen LogP contribution < -0.4 is 10.1 Å². The minimum absolute atomic E-state index is 0.0993. The SMILES string of the molecule is Clc1ccc([C@@H]2Oc3ccccc3C3=C2[C@H](c2cccs2)n2ncnc2N3)cc1. The van der Waals surface area contributed by atoms with Crippen LogP contribution in [0.3, 0.4) is 0 Å². The predicted octanol–water partition coefficient (Wildman–Crippen LogP) is 5.55. The number of thiophene rings is 1. The van der Waals surface area contributed by atoms with Gasteiger partial charge in [0, 0.05) is 21.0 Å². The van der Waals surface area contributed by atoms with E-state index in [2.05, 4.69) is 39.0 Å². The molecule has 0 amide bonds. The van der Waals surface area contributed by atoms with Gasteiger partial charge in [-0.3, -0.25) is 0 Å². The zero-order chi connectivity index (χ0) is 19.4. The number of nitrogens with one attached hydrogen (secondary N) is 1. The zero-order valence-electron chi connectivity index (χ0n) is 15.1. The Morgan fingerprint density at radius 2 is 1.90 bits per heavy atom. The molecule has 0 unspecified atom stereocenters. The van der Waals surface area contributed by atoms with Crippen LogP contribution in [0.25, 0.3) is 5.70 Å². The number of benzene rings is 2. The second kappa shape index (κ2) is 6.47. The summed E-state index contributed by atoms with van der Waals surface area (Å²) >= 11 is 7.85. The summed E-state index contributed by atoms with van der Waals surface area (Å²) in [5, 5.41) is 10.8. The number of nitrogens with zero attached hydrogens (tertiary/aromatic N) is 3. The molecular formula is C22H15ClN4OS. The van der Waals surface area contributed by atoms with Gasteiger partial charge in [0.05, 0.1) is 5.70 Å². The van der Waals surface area contributed by atoms with E-state index < -0.39 is 0 Å². The first-order valence-corrected chi connectivity index (χ1v) is 10.5. The van der Waals surface area contributed by atoms with E-state index in [-0.39, 0.29) is 12.1 Å². The third-order valence-corrected chi connectivity index (χ3v) is 6.48. The molecule has 4 aromatic rings. The Hall–Kier alpha value is -3.09. The van der Waals surface area contributed by atoms with Crippen molar-refractivity contribution < 1.29 is 4.74 Å². The average Bonchev–Trinajstić information content (AvgIpc) is 3.44. The van der Waals surface area contributed by atoms with Gasteiger partial charge < -0.3 is 10.1 Å². The van der Waals surface area contributed by atoms with Crippen LogP contribution in [0, 0.1) is 0 Å². The van der Waals surface area contributed by atoms with Crippen molar-refractivity contribution in [3.05, 3.63) is 99.0 Å². The Morgan fingerprint density at radius 3 is 2.72 bits per heavy atom. The smallest absolute Gasteiger partial charge is 0.226 e. The van der Waals surface area contributed by atoms with Crippen molar-refractivity contribution in [3.63, 3.8) is 0 Å². The van der Waals surface area contributed by atoms with Crippen LogP contribution in [0.4, 0.5) is 5.95 Å². The molecule has 1 N–H and O–H groups in total. The molecule has 0 radical (unpaired) electrons. The van der Waals surface area contributed by atoms with Gasteiger partial charge in [0.2, 0.25) is 5.95 Å². The van der Waals surface area contributed by atoms with E-state index in [1.807, 2.05) is 47.1 Å². The summed E-state index contributed by atoms with van der Waals surface area (Å²) in [5.41, 5.74) is 4.23. The molecule has 2 aliphatic rings. The first kappa shape index (κ1) is 16.8. The van der Waals surface area contributed by atoms with Gasteiger partial charge in [0.1, 0.15) is 24.2 Å². The molecule has 0 bridgehead atoms. The summed E-state index contributed by atoms with van der Waals surface area (Å²) in [6.45, 7) is 0. The number of fused-ring (bicyclic) bond motifs is 3. The van der Waals surface area contributed by atoms with Crippen molar-refractivity contribution in [2.24, 2.45) is 0 Å². The second-order valence-electron chi connectivity index (χ2n) is 6.95. The van der Waals surface area contributed by atoms with Gasteiger partial charge in [-0.15, -0.1) is 11.3 Å². The molecule has 0 spiro atoms. The van der Waals surface area contributed by atoms with Gasteiger partial charge in [-0.1, -0.05) is 41.9 Å². The Bertz CT molecular complexity index is 1230. The zero-order valence-corrected chi connectivity index (χ0v) is 16.7. The van der Waals surface area contributed by atoms with E-state index in [4.69, 9.17) is 16.3 Å². The number of anilines is 1. The highest BCUT2D eigenvalue weighted by atomic mass is 35.5. The number of halogens is 1. The molecule has 2 aliphatic heterocycles. The van der Waals surface area contributed by atoms with Crippen LogP contribution in [-0.2, 0) is 0 Å². The van der Waals surface area contributed by atoms with Crippen LogP contribution in [0.5, 0.6) is 5.75 Å². The molecule has 4 heterocycles. The van der Waals surface area contributed by atoms with Crippen molar-refractivity contribution in [2.45, 2.75) is 12.1 Å². The summed E-state index contributed by atoms with van der Waals surface area (Å²) in [4.78, 5) is 5.63. The lowest BCUT2D eigenvalue weighted by atomic mass is 9.87. The van der Waals surface area contributed by atoms with Gasteiger partial charge in [-0.25, -0.2) is 4.68 Å². The topological polar surface area (TPSA) is 52.0 Å². The fraction of sp³-hybridized carbons (Fsp3) is 0.0909. The third-order valence-electron chi connectivity index (χ3n) is 5.31. The van der Waals surface area contributed by atoms with Gasteiger partial charge in [-0.05, 0) is 41.3 Å². The van der Waals surface area contributed by atoms with Gasteiger partial charge >= 0.3 is 0 Å². The van der Waals surface area contributed by atoms with E-state index in [9.17, 15) is 0 Å². The number of aromatic nitrogens is 3. The van der Waals surface area contributed by atoms with E-state index >= 15 is 0 Å². The van der Waals surface area contributed by atoms with E-state index in [0.29, 0.717) is 5.02 Å². The van der Waals surface area contributed by atoms with Crippen molar-refractivity contribution in [1.82, 2.24) is 14.8 Å². The molecule has 0 fully saturated rings. The van der Waals surface area contributed by atoms with E-state index in [1.54, 1.807) is 17.7 Å². The number of para-hydroxylation sites is 1. The molecule has 0 aliphatic carbocycles. The molecular weight excluding hydrogens is 404 g/mol. The molecule has 7 heteroatoms. The van der Waals surface area contributed by atoms with Crippen LogP contribution in [-0.4, -0.2) is 14.8 Å². The lowest BCUT2D eigenvalue weighted by Gasteiger charge is -2.38. The Kier molecular flexibility index (Phi) is 3.76. The molecule has 2 aromatic heterocycles. The summed E-state index contributed by atoms with van der Waals surface area (Å²) in [7, 11) is 0. The normalized spacial score (nSPS) is 19.6. The molecule has 0 saturated carbocycles. The van der Waals surface area contributed by atoms with Gasteiger partial charge in [-0.2, -0.15) is 10.1 Å². The molecule has 6 rings (SSSR count). The Morgan fingerprint density at radius 1 is 1.03 bits per heavy atom. The lowest BCUT2D eigenvalue weighted by molar-refractivity contribution is 0.223. The van der Waals surface area contributed by atoms with E-state index in [1.165, 1.54) is 4.88 Å². The highest BCUT2D eigenvalue weighted by Gasteiger charge is 2.41. The highest BCUT2D eigenvalue weighted by molar-refractivity contribution is 7.10. The predicted molar refractivity (Wildman–Crippen MR) is 114 cm³/mol. The third kappa shape index (κ3) is 2.60. The maximum atomic E-state index is 6.55. The number of ether oxygens (including phenoxy) is 1. The summed E-state index contributed by atoms with van der Waals surface area (Å²) in [6.07, 6.45) is 1.32. The molecule has 142 valence electrons. The Balaban J connectivity index is 1.63. The first-order chi connectivity index (χ1) is 14.3. The fourth-order valence-corrected chi connectivity index (χ4v) is 5.00. The maximum absolute atomic E-state index is 6.55. The number of rotatable bonds is 2. The number of hydrogen-bond donors (Lipinski definition) is 1. The van der Waals surface area contributed by atoms with Crippen LogP contribution in [0.15, 0.2) is 77.9 Å². The van der Waals surface area contributed by atoms with Crippen molar-refractivity contribution in [1.29, 1.82) is 0 Å². The van der Waals surface area contributed by atoms with Crippen LogP contribution in [0.2, 0.25) is 5.02 Å². The van der Waals surface area contributed by atoms with E-state index in [0.717, 1.165) is 34.1 Å². The second-order valence-corrected chi connectivity index (χ2v) is 8.36. The van der Waals surface area contributed by atoms with Crippen molar-refractivity contribution in [2.75, 3.05) is 5.32 Å². The summed E-state index contributed by atoms with van der Waals surface area (Å²) in [5.74, 6) is 1.57. The minimum Gasteiger partial charge on any atom is -0.480 e. The molecule has 2 atom stereocenters. The monoisotopic (exact) mass is 418 g/mol. The first-order valence-electron chi connectivity index (χ1n) is 9.25. The van der Waals surface area contributed by atoms with Crippen LogP contribution in [0.1, 0.15) is 28.1 Å². The lowest BCUT2D eigenvalue weighted by Crippen LogP contribution is -2.32. The van der Waals surface area contributed by atoms with Gasteiger partial charge in [0.15, 0.2) is 0 Å². The van der Waals surface area contributed by atoms with Crippen molar-refractivity contribution >= 4 is 34.6 Å². The summed E-state index contributed by atoms with van der Waals surface area (Å²) < 4.78 is 8.48. The number of hydrogen-bond acceptors (Lipinski definition) is 5. The molecule has 0 saturated heterocycles. The average molecular weight is 419 g/mol. The minimum atomic E-state index is -0.269. The van der Waals surface area contributed by atoms with Crippen molar-refractivity contribution in [3.8, 4) is 5.75 Å². The highest BCUT2D eigenvalue weighted by Crippen LogP contribution is 2.51. The fourth-order valence-electron chi connectivity index (χ4n) is 4.05. The standard InChI is InChI=1S/C22H15ClN4OS/c23-14-9-7-13(8-10-14)21-18-19(15-4-1-2-5-16(15)28-21)26-22-24-12-25-27(22)20(18)17-6-3-11-29-17/h1-12,20-21H,(H,24,25,26)/t20-,21-/m0/s1. The van der Waals surface area contributed by atoms with Gasteiger partial charge in [0.25, 0.3) is 0 Å².